The van der Waals surface area contributed by atoms with E-state index in [4.69, 9.17) is 0 Å². The molecule has 116 valence electrons. The Labute approximate surface area is 143 Å². The first kappa shape index (κ1) is 16.7. The second-order valence-electron chi connectivity index (χ2n) is 4.95. The molecule has 0 radical (unpaired) electrons. The summed E-state index contributed by atoms with van der Waals surface area (Å²) in [5, 5.41) is 14.7. The Morgan fingerprint density at radius 1 is 1.30 bits per heavy atom. The Morgan fingerprint density at radius 2 is 2.09 bits per heavy atom. The Morgan fingerprint density at radius 3 is 2.74 bits per heavy atom. The fraction of sp³-hybridized carbons (Fsp3) is 0.118. The van der Waals surface area contributed by atoms with Crippen molar-refractivity contribution >= 4 is 33.3 Å². The van der Waals surface area contributed by atoms with Crippen molar-refractivity contribution in [2.45, 2.75) is 13.8 Å². The van der Waals surface area contributed by atoms with Crippen molar-refractivity contribution in [3.63, 3.8) is 0 Å². The van der Waals surface area contributed by atoms with Gasteiger partial charge in [-0.1, -0.05) is 33.6 Å². The van der Waals surface area contributed by atoms with Crippen molar-refractivity contribution in [1.29, 1.82) is 5.26 Å². The third-order valence-corrected chi connectivity index (χ3v) is 3.57. The van der Waals surface area contributed by atoms with Crippen LogP contribution in [-0.4, -0.2) is 10.9 Å². The Kier molecular flexibility index (Phi) is 5.50. The lowest BCUT2D eigenvalue weighted by molar-refractivity contribution is -0.112. The van der Waals surface area contributed by atoms with Gasteiger partial charge in [0.2, 0.25) is 0 Å². The molecule has 0 fully saturated rings. The van der Waals surface area contributed by atoms with Gasteiger partial charge in [-0.25, -0.2) is 4.98 Å². The number of rotatable bonds is 4. The molecule has 1 heterocycles. The molecular weight excluding hydrogens is 356 g/mol. The zero-order valence-corrected chi connectivity index (χ0v) is 14.3. The number of benzene rings is 1. The Hall–Kier alpha value is -2.65. The highest BCUT2D eigenvalue weighted by molar-refractivity contribution is 9.10. The normalized spacial score (nSPS) is 10.8. The molecule has 2 rings (SSSR count). The molecule has 0 bridgehead atoms. The van der Waals surface area contributed by atoms with Crippen LogP contribution in [0, 0.1) is 25.2 Å². The van der Waals surface area contributed by atoms with E-state index in [-0.39, 0.29) is 5.57 Å². The molecule has 0 aliphatic rings. The van der Waals surface area contributed by atoms with Gasteiger partial charge < -0.3 is 10.6 Å². The van der Waals surface area contributed by atoms with Gasteiger partial charge in [-0.15, -0.1) is 0 Å². The van der Waals surface area contributed by atoms with Crippen LogP contribution in [-0.2, 0) is 4.79 Å². The third-order valence-electron chi connectivity index (χ3n) is 3.08. The summed E-state index contributed by atoms with van der Waals surface area (Å²) in [7, 11) is 0. The van der Waals surface area contributed by atoms with Crippen molar-refractivity contribution < 1.29 is 4.79 Å². The molecule has 1 aromatic heterocycles. The van der Waals surface area contributed by atoms with Crippen LogP contribution in [0.2, 0.25) is 0 Å². The maximum Gasteiger partial charge on any atom is 0.267 e. The predicted octanol–water partition coefficient (Wildman–Crippen LogP) is 3.92. The van der Waals surface area contributed by atoms with Crippen LogP contribution in [0.3, 0.4) is 0 Å². The molecule has 0 atom stereocenters. The number of aromatic nitrogens is 1. The van der Waals surface area contributed by atoms with E-state index >= 15 is 0 Å². The van der Waals surface area contributed by atoms with E-state index in [1.54, 1.807) is 18.3 Å². The SMILES string of the molecule is Cc1ccc(NC(=O)/C(C#N)=C\Nc2cc(Br)ccn2)c(C)c1. The Bertz CT molecular complexity index is 808. The number of pyridine rings is 1. The number of carbonyl (C=O) groups is 1. The highest BCUT2D eigenvalue weighted by Gasteiger charge is 2.10. The number of nitriles is 1. The van der Waals surface area contributed by atoms with Gasteiger partial charge in [-0.2, -0.15) is 5.26 Å². The summed E-state index contributed by atoms with van der Waals surface area (Å²) in [6.07, 6.45) is 2.95. The number of nitrogens with one attached hydrogen (secondary N) is 2. The van der Waals surface area contributed by atoms with E-state index in [2.05, 4.69) is 31.5 Å². The van der Waals surface area contributed by atoms with Gasteiger partial charge in [0, 0.05) is 22.6 Å². The monoisotopic (exact) mass is 370 g/mol. The molecule has 5 nitrogen and oxygen atoms in total. The van der Waals surface area contributed by atoms with Crippen LogP contribution in [0.25, 0.3) is 0 Å². The molecule has 1 amide bonds. The largest absolute Gasteiger partial charge is 0.345 e. The first-order valence-electron chi connectivity index (χ1n) is 6.86. The van der Waals surface area contributed by atoms with Gasteiger partial charge in [-0.05, 0) is 37.6 Å². The molecular formula is C17H15BrN4O. The lowest BCUT2D eigenvalue weighted by Crippen LogP contribution is -2.15. The van der Waals surface area contributed by atoms with Gasteiger partial charge in [0.05, 0.1) is 0 Å². The molecule has 0 spiro atoms. The molecule has 2 N–H and O–H groups in total. The number of carbonyl (C=O) groups excluding carboxylic acids is 1. The molecule has 0 aliphatic carbocycles. The maximum absolute atomic E-state index is 12.2. The summed E-state index contributed by atoms with van der Waals surface area (Å²) in [5.74, 6) is 0.0633. The van der Waals surface area contributed by atoms with Crippen molar-refractivity contribution in [2.24, 2.45) is 0 Å². The van der Waals surface area contributed by atoms with Crippen molar-refractivity contribution in [2.75, 3.05) is 10.6 Å². The van der Waals surface area contributed by atoms with Crippen LogP contribution < -0.4 is 10.6 Å². The number of nitrogens with zero attached hydrogens (tertiary/aromatic N) is 2. The summed E-state index contributed by atoms with van der Waals surface area (Å²) < 4.78 is 0.849. The van der Waals surface area contributed by atoms with E-state index in [9.17, 15) is 10.1 Å². The second kappa shape index (κ2) is 7.56. The maximum atomic E-state index is 12.2. The zero-order chi connectivity index (χ0) is 16.8. The number of anilines is 2. The molecule has 6 heteroatoms. The number of halogens is 1. The number of amides is 1. The fourth-order valence-corrected chi connectivity index (χ4v) is 2.26. The average Bonchev–Trinajstić information content (AvgIpc) is 2.51. The van der Waals surface area contributed by atoms with Crippen LogP contribution in [0.5, 0.6) is 0 Å². The number of hydrogen-bond donors (Lipinski definition) is 2. The predicted molar refractivity (Wildman–Crippen MR) is 93.8 cm³/mol. The zero-order valence-electron chi connectivity index (χ0n) is 12.7. The minimum Gasteiger partial charge on any atom is -0.345 e. The third kappa shape index (κ3) is 4.66. The summed E-state index contributed by atoms with van der Waals surface area (Å²) in [4.78, 5) is 16.3. The van der Waals surface area contributed by atoms with E-state index < -0.39 is 5.91 Å². The van der Waals surface area contributed by atoms with Crippen LogP contribution in [0.1, 0.15) is 11.1 Å². The minimum absolute atomic E-state index is 0.0354. The van der Waals surface area contributed by atoms with E-state index in [1.807, 2.05) is 38.1 Å². The second-order valence-corrected chi connectivity index (χ2v) is 5.86. The highest BCUT2D eigenvalue weighted by Crippen LogP contribution is 2.17. The van der Waals surface area contributed by atoms with Crippen molar-refractivity contribution in [3.05, 3.63) is 63.9 Å². The van der Waals surface area contributed by atoms with E-state index in [1.165, 1.54) is 6.20 Å². The van der Waals surface area contributed by atoms with Gasteiger partial charge in [0.1, 0.15) is 17.5 Å². The van der Waals surface area contributed by atoms with E-state index in [0.717, 1.165) is 15.6 Å². The first-order chi connectivity index (χ1) is 11.0. The highest BCUT2D eigenvalue weighted by atomic mass is 79.9. The smallest absolute Gasteiger partial charge is 0.267 e. The lowest BCUT2D eigenvalue weighted by Gasteiger charge is -2.08. The fourth-order valence-electron chi connectivity index (χ4n) is 1.92. The summed E-state index contributed by atoms with van der Waals surface area (Å²) in [6, 6.07) is 11.1. The van der Waals surface area contributed by atoms with E-state index in [0.29, 0.717) is 11.5 Å². The van der Waals surface area contributed by atoms with Gasteiger partial charge >= 0.3 is 0 Å². The van der Waals surface area contributed by atoms with Gasteiger partial charge in [0.25, 0.3) is 5.91 Å². The molecule has 2 aromatic rings. The minimum atomic E-state index is -0.470. The Balaban J connectivity index is 2.12. The number of aryl methyl sites for hydroxylation is 2. The van der Waals surface area contributed by atoms with Crippen molar-refractivity contribution in [1.82, 2.24) is 4.98 Å². The molecule has 0 saturated carbocycles. The summed E-state index contributed by atoms with van der Waals surface area (Å²) in [5.41, 5.74) is 2.70. The first-order valence-corrected chi connectivity index (χ1v) is 7.66. The van der Waals surface area contributed by atoms with Crippen LogP contribution in [0.15, 0.2) is 52.8 Å². The van der Waals surface area contributed by atoms with Crippen molar-refractivity contribution in [3.8, 4) is 6.07 Å². The summed E-state index contributed by atoms with van der Waals surface area (Å²) >= 11 is 3.33. The van der Waals surface area contributed by atoms with Gasteiger partial charge in [-0.3, -0.25) is 4.79 Å². The number of hydrogen-bond acceptors (Lipinski definition) is 4. The molecule has 0 aliphatic heterocycles. The standard InChI is InChI=1S/C17H15BrN4O/c1-11-3-4-15(12(2)7-11)22-17(23)13(9-19)10-21-16-8-14(18)5-6-20-16/h3-8,10H,1-2H3,(H,20,21)(H,22,23)/b13-10-. The average molecular weight is 371 g/mol. The van der Waals surface area contributed by atoms with Crippen LogP contribution >= 0.6 is 15.9 Å². The molecule has 23 heavy (non-hydrogen) atoms. The molecule has 0 saturated heterocycles. The van der Waals surface area contributed by atoms with Gasteiger partial charge in [0.15, 0.2) is 0 Å². The quantitative estimate of drug-likeness (QED) is 0.631. The molecule has 1 aromatic carbocycles. The molecule has 0 unspecified atom stereocenters. The van der Waals surface area contributed by atoms with Crippen LogP contribution in [0.4, 0.5) is 11.5 Å². The topological polar surface area (TPSA) is 77.8 Å². The lowest BCUT2D eigenvalue weighted by atomic mass is 10.1. The summed E-state index contributed by atoms with van der Waals surface area (Å²) in [6.45, 7) is 3.89.